The third-order valence-corrected chi connectivity index (χ3v) is 7.40. The zero-order valence-corrected chi connectivity index (χ0v) is 19.7. The van der Waals surface area contributed by atoms with E-state index in [1.807, 2.05) is 0 Å². The number of rotatable bonds is 9. The molecule has 1 aromatic carbocycles. The second-order valence-corrected chi connectivity index (χ2v) is 9.66. The number of halogens is 2. The quantitative estimate of drug-likeness (QED) is 0.394. The van der Waals surface area contributed by atoms with Crippen molar-refractivity contribution in [3.8, 4) is 0 Å². The molecule has 0 bridgehead atoms. The van der Waals surface area contributed by atoms with E-state index in [4.69, 9.17) is 23.2 Å². The number of amides is 2. The SMILES string of the molecule is CC1(C(=O)O)CCC(C(=O)NC(CCCNC(=O)c2c(Cl)cccc2Cl)C(=O)O)C1(C)C. The number of carbonyl (C=O) groups excluding carboxylic acids is 2. The fourth-order valence-electron chi connectivity index (χ4n) is 4.18. The van der Waals surface area contributed by atoms with Crippen LogP contribution in [0.15, 0.2) is 18.2 Å². The first-order valence-electron chi connectivity index (χ1n) is 10.3. The van der Waals surface area contributed by atoms with Gasteiger partial charge in [0.15, 0.2) is 0 Å². The molecule has 176 valence electrons. The van der Waals surface area contributed by atoms with Crippen LogP contribution in [0.1, 0.15) is 56.8 Å². The number of hydrogen-bond acceptors (Lipinski definition) is 4. The standard InChI is InChI=1S/C22H28Cl2N2O6/c1-21(2)12(9-10-22(21,3)20(31)32)17(27)26-15(19(29)30)8-5-11-25-18(28)16-13(23)6-4-7-14(16)24/h4,6-7,12,15H,5,8-11H2,1-3H3,(H,25,28)(H,26,27)(H,29,30)(H,31,32). The Morgan fingerprint density at radius 3 is 2.22 bits per heavy atom. The van der Waals surface area contributed by atoms with Gasteiger partial charge in [0.05, 0.1) is 21.0 Å². The largest absolute Gasteiger partial charge is 0.481 e. The fraction of sp³-hybridized carbons (Fsp3) is 0.545. The van der Waals surface area contributed by atoms with Crippen molar-refractivity contribution in [2.24, 2.45) is 16.7 Å². The minimum absolute atomic E-state index is 0.0843. The molecular formula is C22H28Cl2N2O6. The molecule has 1 fully saturated rings. The molecule has 2 rings (SSSR count). The maximum absolute atomic E-state index is 12.8. The molecule has 0 aliphatic heterocycles. The fourth-order valence-corrected chi connectivity index (χ4v) is 4.75. The Hall–Kier alpha value is -2.32. The van der Waals surface area contributed by atoms with Crippen LogP contribution in [0.4, 0.5) is 0 Å². The summed E-state index contributed by atoms with van der Waals surface area (Å²) in [4.78, 5) is 48.5. The zero-order valence-electron chi connectivity index (χ0n) is 18.2. The zero-order chi connectivity index (χ0) is 24.3. The van der Waals surface area contributed by atoms with Crippen molar-refractivity contribution in [2.75, 3.05) is 6.54 Å². The van der Waals surface area contributed by atoms with Gasteiger partial charge in [-0.15, -0.1) is 0 Å². The molecule has 3 unspecified atom stereocenters. The van der Waals surface area contributed by atoms with Gasteiger partial charge in [-0.1, -0.05) is 43.1 Å². The minimum atomic E-state index is -1.20. The summed E-state index contributed by atoms with van der Waals surface area (Å²) >= 11 is 12.0. The van der Waals surface area contributed by atoms with Crippen molar-refractivity contribution >= 4 is 47.0 Å². The Labute approximate surface area is 196 Å². The summed E-state index contributed by atoms with van der Waals surface area (Å²) in [6, 6.07) is 3.54. The van der Waals surface area contributed by atoms with Gasteiger partial charge in [-0.25, -0.2) is 4.79 Å². The number of benzene rings is 1. The Kier molecular flexibility index (Phi) is 8.17. The monoisotopic (exact) mass is 486 g/mol. The van der Waals surface area contributed by atoms with E-state index in [2.05, 4.69) is 10.6 Å². The Morgan fingerprint density at radius 1 is 1.12 bits per heavy atom. The number of hydrogen-bond donors (Lipinski definition) is 4. The molecule has 1 aliphatic carbocycles. The van der Waals surface area contributed by atoms with E-state index >= 15 is 0 Å². The first-order valence-corrected chi connectivity index (χ1v) is 11.1. The Balaban J connectivity index is 1.93. The lowest BCUT2D eigenvalue weighted by Crippen LogP contribution is -2.49. The third kappa shape index (κ3) is 5.18. The van der Waals surface area contributed by atoms with Crippen LogP contribution < -0.4 is 10.6 Å². The van der Waals surface area contributed by atoms with Crippen LogP contribution in [-0.2, 0) is 14.4 Å². The van der Waals surface area contributed by atoms with E-state index in [-0.39, 0.29) is 35.0 Å². The summed E-state index contributed by atoms with van der Waals surface area (Å²) in [5, 5.41) is 24.7. The van der Waals surface area contributed by atoms with Gasteiger partial charge in [0.1, 0.15) is 6.04 Å². The van der Waals surface area contributed by atoms with Gasteiger partial charge in [-0.05, 0) is 50.2 Å². The Morgan fingerprint density at radius 2 is 1.72 bits per heavy atom. The average molecular weight is 487 g/mol. The predicted octanol–water partition coefficient (Wildman–Crippen LogP) is 3.60. The van der Waals surface area contributed by atoms with Crippen LogP contribution in [0.2, 0.25) is 10.0 Å². The molecule has 4 N–H and O–H groups in total. The molecular weight excluding hydrogens is 459 g/mol. The van der Waals surface area contributed by atoms with Crippen molar-refractivity contribution in [1.29, 1.82) is 0 Å². The smallest absolute Gasteiger partial charge is 0.326 e. The molecule has 32 heavy (non-hydrogen) atoms. The lowest BCUT2D eigenvalue weighted by atomic mass is 9.65. The number of carbonyl (C=O) groups is 4. The maximum Gasteiger partial charge on any atom is 0.326 e. The van der Waals surface area contributed by atoms with E-state index in [1.54, 1.807) is 26.8 Å². The van der Waals surface area contributed by atoms with Gasteiger partial charge in [0.25, 0.3) is 5.91 Å². The maximum atomic E-state index is 12.8. The molecule has 1 aliphatic rings. The van der Waals surface area contributed by atoms with Crippen LogP contribution in [0, 0.1) is 16.7 Å². The van der Waals surface area contributed by atoms with Gasteiger partial charge in [0, 0.05) is 12.5 Å². The molecule has 8 nitrogen and oxygen atoms in total. The highest BCUT2D eigenvalue weighted by Gasteiger charge is 2.58. The van der Waals surface area contributed by atoms with Crippen LogP contribution in [0.3, 0.4) is 0 Å². The van der Waals surface area contributed by atoms with Crippen molar-refractivity contribution in [3.63, 3.8) is 0 Å². The lowest BCUT2D eigenvalue weighted by Gasteiger charge is -2.38. The summed E-state index contributed by atoms with van der Waals surface area (Å²) in [6.07, 6.45) is 1.07. The molecule has 0 spiro atoms. The second-order valence-electron chi connectivity index (χ2n) is 8.84. The van der Waals surface area contributed by atoms with Gasteiger partial charge >= 0.3 is 11.9 Å². The van der Waals surface area contributed by atoms with Crippen LogP contribution in [-0.4, -0.2) is 46.6 Å². The van der Waals surface area contributed by atoms with Gasteiger partial charge in [0.2, 0.25) is 5.91 Å². The second kappa shape index (κ2) is 10.1. The summed E-state index contributed by atoms with van der Waals surface area (Å²) in [6.45, 7) is 5.23. The highest BCUT2D eigenvalue weighted by molar-refractivity contribution is 6.39. The topological polar surface area (TPSA) is 133 Å². The van der Waals surface area contributed by atoms with Gasteiger partial charge in [-0.2, -0.15) is 0 Å². The van der Waals surface area contributed by atoms with E-state index in [0.717, 1.165) is 0 Å². The van der Waals surface area contributed by atoms with Gasteiger partial charge in [-0.3, -0.25) is 14.4 Å². The van der Waals surface area contributed by atoms with Crippen LogP contribution in [0.5, 0.6) is 0 Å². The molecule has 2 amide bonds. The molecule has 1 saturated carbocycles. The predicted molar refractivity (Wildman–Crippen MR) is 120 cm³/mol. The van der Waals surface area contributed by atoms with Crippen molar-refractivity contribution < 1.29 is 29.4 Å². The van der Waals surface area contributed by atoms with Crippen molar-refractivity contribution in [2.45, 2.75) is 52.5 Å². The van der Waals surface area contributed by atoms with Crippen LogP contribution in [0.25, 0.3) is 0 Å². The first-order chi connectivity index (χ1) is 14.8. The normalized spacial score (nSPS) is 22.7. The first kappa shape index (κ1) is 25.9. The number of carboxylic acid groups (broad SMARTS) is 2. The number of aliphatic carboxylic acids is 2. The molecule has 0 heterocycles. The van der Waals surface area contributed by atoms with E-state index in [0.29, 0.717) is 12.8 Å². The third-order valence-electron chi connectivity index (χ3n) is 6.77. The summed E-state index contributed by atoms with van der Waals surface area (Å²) in [5.41, 5.74) is -1.77. The molecule has 0 radical (unpaired) electrons. The van der Waals surface area contributed by atoms with E-state index in [1.165, 1.54) is 12.1 Å². The van der Waals surface area contributed by atoms with E-state index in [9.17, 15) is 29.4 Å². The summed E-state index contributed by atoms with van der Waals surface area (Å²) < 4.78 is 0. The van der Waals surface area contributed by atoms with Crippen molar-refractivity contribution in [1.82, 2.24) is 10.6 Å². The van der Waals surface area contributed by atoms with Gasteiger partial charge < -0.3 is 20.8 Å². The summed E-state index contributed by atoms with van der Waals surface area (Å²) in [7, 11) is 0. The lowest BCUT2D eigenvalue weighted by molar-refractivity contribution is -0.155. The number of nitrogens with one attached hydrogen (secondary N) is 2. The molecule has 0 aromatic heterocycles. The highest BCUT2D eigenvalue weighted by Crippen LogP contribution is 2.56. The molecule has 10 heteroatoms. The molecule has 1 aromatic rings. The Bertz CT molecular complexity index is 899. The average Bonchev–Trinajstić information content (AvgIpc) is 2.94. The van der Waals surface area contributed by atoms with Crippen LogP contribution >= 0.6 is 23.2 Å². The highest BCUT2D eigenvalue weighted by atomic mass is 35.5. The molecule has 3 atom stereocenters. The number of carboxylic acids is 2. The van der Waals surface area contributed by atoms with E-state index < -0.39 is 46.5 Å². The minimum Gasteiger partial charge on any atom is -0.481 e. The van der Waals surface area contributed by atoms with Crippen molar-refractivity contribution in [3.05, 3.63) is 33.8 Å². The summed E-state index contributed by atoms with van der Waals surface area (Å²) in [5.74, 6) is -3.73. The molecule has 0 saturated heterocycles.